The first-order valence-electron chi connectivity index (χ1n) is 14.8. The summed E-state index contributed by atoms with van der Waals surface area (Å²) in [5, 5.41) is 6.35. The highest BCUT2D eigenvalue weighted by molar-refractivity contribution is 8.02. The van der Waals surface area contributed by atoms with Gasteiger partial charge >= 0.3 is 6.09 Å². The Bertz CT molecular complexity index is 1510. The third-order valence-corrected chi connectivity index (χ3v) is 10.1. The van der Waals surface area contributed by atoms with Crippen LogP contribution in [-0.4, -0.2) is 50.9 Å². The van der Waals surface area contributed by atoms with Gasteiger partial charge in [-0.3, -0.25) is 4.98 Å². The number of amides is 1. The molecule has 3 aromatic heterocycles. The highest BCUT2D eigenvalue weighted by Gasteiger charge is 2.21. The smallest absolute Gasteiger partial charge is 0.410 e. The average molecular weight is 668 g/mol. The number of aromatic nitrogens is 3. The molecule has 0 atom stereocenters. The van der Waals surface area contributed by atoms with E-state index in [0.717, 1.165) is 62.7 Å². The van der Waals surface area contributed by atoms with Gasteiger partial charge in [0.25, 0.3) is 0 Å². The molecule has 4 aromatic rings. The number of pyridine rings is 2. The number of carbonyl (C=O) groups excluding carboxylic acids is 1. The minimum Gasteiger partial charge on any atom is -0.444 e. The molecule has 11 heteroatoms. The maximum Gasteiger partial charge on any atom is 0.410 e. The topological polar surface area (TPSA) is 80.2 Å². The van der Waals surface area contributed by atoms with Crippen LogP contribution in [0.15, 0.2) is 84.7 Å². The van der Waals surface area contributed by atoms with Gasteiger partial charge in [0.1, 0.15) is 11.4 Å². The Kier molecular flexibility index (Phi) is 12.8. The van der Waals surface area contributed by atoms with Gasteiger partial charge in [0.15, 0.2) is 5.13 Å². The molecule has 0 saturated carbocycles. The van der Waals surface area contributed by atoms with Gasteiger partial charge in [-0.1, -0.05) is 55.6 Å². The number of hydrogen-bond donors (Lipinski definition) is 1. The predicted octanol–water partition coefficient (Wildman–Crippen LogP) is 9.84. The number of nitrogens with one attached hydrogen (secondary N) is 1. The van der Waals surface area contributed by atoms with Crippen LogP contribution < -0.4 is 5.32 Å². The van der Waals surface area contributed by atoms with Crippen LogP contribution in [0.25, 0.3) is 0 Å². The van der Waals surface area contributed by atoms with Crippen molar-refractivity contribution in [3.63, 3.8) is 0 Å². The number of aryl methyl sites for hydroxylation is 2. The van der Waals surface area contributed by atoms with Gasteiger partial charge in [-0.05, 0) is 77.0 Å². The minimum absolute atomic E-state index is 0.254. The summed E-state index contributed by atoms with van der Waals surface area (Å²) < 4.78 is 5.59. The lowest BCUT2D eigenvalue weighted by atomic mass is 10.2. The number of thiazole rings is 1. The number of nitrogens with zero attached hydrogens (tertiary/aromatic N) is 4. The van der Waals surface area contributed by atoms with Crippen LogP contribution in [-0.2, 0) is 17.6 Å². The van der Waals surface area contributed by atoms with E-state index in [1.165, 1.54) is 9.79 Å². The van der Waals surface area contributed by atoms with Crippen molar-refractivity contribution in [2.24, 2.45) is 0 Å². The molecule has 1 amide bonds. The summed E-state index contributed by atoms with van der Waals surface area (Å²) in [6.07, 6.45) is 9.04. The molecule has 0 bridgehead atoms. The molecule has 0 radical (unpaired) electrons. The van der Waals surface area contributed by atoms with Crippen molar-refractivity contribution < 1.29 is 9.53 Å². The number of thioether (sulfide) groups is 1. The van der Waals surface area contributed by atoms with Crippen LogP contribution in [0.5, 0.6) is 0 Å². The van der Waals surface area contributed by atoms with Gasteiger partial charge in [0, 0.05) is 50.4 Å². The molecular formula is C33H41N5O2S4. The molecule has 234 valence electrons. The van der Waals surface area contributed by atoms with Crippen molar-refractivity contribution in [1.82, 2.24) is 19.9 Å². The van der Waals surface area contributed by atoms with Crippen molar-refractivity contribution in [3.8, 4) is 0 Å². The van der Waals surface area contributed by atoms with E-state index in [9.17, 15) is 4.79 Å². The summed E-state index contributed by atoms with van der Waals surface area (Å²) in [7, 11) is 0. The predicted molar refractivity (Wildman–Crippen MR) is 186 cm³/mol. The second kappa shape index (κ2) is 16.5. The Morgan fingerprint density at radius 2 is 1.80 bits per heavy atom. The lowest BCUT2D eigenvalue weighted by Crippen LogP contribution is -2.38. The molecule has 1 N–H and O–H groups in total. The number of ether oxygens (including phenoxy) is 1. The van der Waals surface area contributed by atoms with Gasteiger partial charge in [0.05, 0.1) is 16.3 Å². The molecule has 0 aliphatic carbocycles. The summed E-state index contributed by atoms with van der Waals surface area (Å²) in [5.41, 5.74) is 1.61. The largest absolute Gasteiger partial charge is 0.444 e. The highest BCUT2D eigenvalue weighted by Crippen LogP contribution is 2.40. The molecule has 0 unspecified atom stereocenters. The number of anilines is 2. The van der Waals surface area contributed by atoms with Gasteiger partial charge in [-0.2, -0.15) is 0 Å². The Labute approximate surface area is 278 Å². The van der Waals surface area contributed by atoms with Crippen molar-refractivity contribution in [1.29, 1.82) is 0 Å². The van der Waals surface area contributed by atoms with E-state index in [0.29, 0.717) is 13.1 Å². The molecule has 44 heavy (non-hydrogen) atoms. The molecule has 1 aromatic carbocycles. The first kappa shape index (κ1) is 34.1. The Morgan fingerprint density at radius 3 is 2.50 bits per heavy atom. The zero-order chi connectivity index (χ0) is 31.5. The minimum atomic E-state index is -0.504. The molecule has 4 rings (SSSR count). The van der Waals surface area contributed by atoms with Crippen molar-refractivity contribution in [3.05, 3.63) is 71.6 Å². The van der Waals surface area contributed by atoms with Gasteiger partial charge < -0.3 is 15.0 Å². The third kappa shape index (κ3) is 10.2. The lowest BCUT2D eigenvalue weighted by molar-refractivity contribution is 0.0248. The fourth-order valence-corrected chi connectivity index (χ4v) is 8.05. The molecule has 0 spiro atoms. The fraction of sp³-hybridized carbons (Fsp3) is 0.394. The van der Waals surface area contributed by atoms with E-state index in [2.05, 4.69) is 60.0 Å². The third-order valence-electron chi connectivity index (χ3n) is 6.29. The van der Waals surface area contributed by atoms with Crippen LogP contribution in [0.3, 0.4) is 0 Å². The van der Waals surface area contributed by atoms with E-state index in [1.54, 1.807) is 51.5 Å². The molecule has 3 heterocycles. The van der Waals surface area contributed by atoms with E-state index in [1.807, 2.05) is 51.4 Å². The first-order chi connectivity index (χ1) is 21.2. The van der Waals surface area contributed by atoms with Crippen LogP contribution in [0.2, 0.25) is 0 Å². The Balaban J connectivity index is 1.47. The summed E-state index contributed by atoms with van der Waals surface area (Å²) in [5.74, 6) is 0.775. The summed E-state index contributed by atoms with van der Waals surface area (Å²) in [6, 6.07) is 14.6. The summed E-state index contributed by atoms with van der Waals surface area (Å²) >= 11 is 6.71. The maximum atomic E-state index is 12.6. The molecular weight excluding hydrogens is 627 g/mol. The van der Waals surface area contributed by atoms with Crippen molar-refractivity contribution in [2.75, 3.05) is 24.7 Å². The molecule has 0 aliphatic heterocycles. The van der Waals surface area contributed by atoms with E-state index >= 15 is 0 Å². The second-order valence-corrected chi connectivity index (χ2v) is 14.9. The number of carbonyl (C=O) groups is 1. The van der Waals surface area contributed by atoms with Crippen LogP contribution in [0.4, 0.5) is 15.7 Å². The van der Waals surface area contributed by atoms with Gasteiger partial charge in [0.2, 0.25) is 0 Å². The van der Waals surface area contributed by atoms with Crippen LogP contribution >= 0.6 is 46.6 Å². The molecule has 0 aliphatic rings. The van der Waals surface area contributed by atoms with E-state index < -0.39 is 5.60 Å². The zero-order valence-corrected chi connectivity index (χ0v) is 29.5. The Morgan fingerprint density at radius 1 is 1.02 bits per heavy atom. The van der Waals surface area contributed by atoms with Gasteiger partial charge in [-0.15, -0.1) is 23.1 Å². The van der Waals surface area contributed by atoms with Crippen LogP contribution in [0.1, 0.15) is 58.8 Å². The quantitative estimate of drug-likeness (QED) is 0.132. The fourth-order valence-electron chi connectivity index (χ4n) is 4.34. The molecule has 7 nitrogen and oxygen atoms in total. The normalized spacial score (nSPS) is 11.4. The maximum absolute atomic E-state index is 12.6. The standard InChI is InChI=1S/C33H41N5O2S4/c1-7-18-38(32(39)40-33(3,4)5)19-12-13-23-22-42-31(36-23)37-30-28(43-24-14-10-9-11-15-24)20-25(21-35-30)44-27-16-17-34-26(8-2)29(27)41-6/h9-11,14-17,20-22H,7-8,12-13,18-19H2,1-6H3,(H,35,36,37). The molecule has 0 saturated heterocycles. The van der Waals surface area contributed by atoms with Crippen molar-refractivity contribution >= 4 is 63.7 Å². The van der Waals surface area contributed by atoms with Crippen LogP contribution in [0, 0.1) is 0 Å². The average Bonchev–Trinajstić information content (AvgIpc) is 3.44. The number of hydrogen-bond acceptors (Lipinski definition) is 10. The number of rotatable bonds is 14. The summed E-state index contributed by atoms with van der Waals surface area (Å²) in [6.45, 7) is 11.2. The lowest BCUT2D eigenvalue weighted by Gasteiger charge is -2.27. The highest BCUT2D eigenvalue weighted by atomic mass is 32.2. The van der Waals surface area contributed by atoms with Gasteiger partial charge in [-0.25, -0.2) is 14.8 Å². The monoisotopic (exact) mass is 667 g/mol. The summed E-state index contributed by atoms with van der Waals surface area (Å²) in [4.78, 5) is 34.3. The zero-order valence-electron chi connectivity index (χ0n) is 26.3. The van der Waals surface area contributed by atoms with E-state index in [-0.39, 0.29) is 6.09 Å². The second-order valence-electron chi connectivity index (χ2n) is 11.0. The van der Waals surface area contributed by atoms with Crippen molar-refractivity contribution in [2.45, 2.75) is 90.4 Å². The van der Waals surface area contributed by atoms with E-state index in [4.69, 9.17) is 14.7 Å². The Hall–Kier alpha value is -2.73. The SMILES string of the molecule is CCCN(CCCc1csc(Nc2ncc(Sc3ccnc(CC)c3SC)cc2Sc2ccccc2)n1)C(=O)OC(C)(C)C. The molecule has 0 fully saturated rings. The number of benzene rings is 1. The first-order valence-corrected chi connectivity index (χ1v) is 18.5.